The van der Waals surface area contributed by atoms with Crippen LogP contribution in [-0.2, 0) is 10.9 Å². The molecule has 1 amide bonds. The van der Waals surface area contributed by atoms with E-state index in [0.717, 1.165) is 12.1 Å². The average molecular weight is 359 g/mol. The standard InChI is InChI=1S/C18H24F3NO3/c1-17(2,3)25-16(24)22-10-8-13(9-11-22)15(23)12-4-6-14(7-5-12)18(19,20)21/h4-7,13,15,23H,8-11H2,1-3H3/t15-/m0/s1. The highest BCUT2D eigenvalue weighted by Crippen LogP contribution is 2.34. The number of nitrogens with zero attached hydrogens (tertiary/aromatic N) is 1. The number of amides is 1. The quantitative estimate of drug-likeness (QED) is 0.852. The van der Waals surface area contributed by atoms with Crippen molar-refractivity contribution in [1.29, 1.82) is 0 Å². The number of aliphatic hydroxyl groups excluding tert-OH is 1. The molecule has 0 spiro atoms. The van der Waals surface area contributed by atoms with Gasteiger partial charge in [0.1, 0.15) is 5.60 Å². The van der Waals surface area contributed by atoms with Gasteiger partial charge < -0.3 is 14.7 Å². The predicted molar refractivity (Wildman–Crippen MR) is 86.9 cm³/mol. The molecule has 1 N–H and O–H groups in total. The van der Waals surface area contributed by atoms with E-state index in [9.17, 15) is 23.1 Å². The second-order valence-corrected chi connectivity index (χ2v) is 7.37. The smallest absolute Gasteiger partial charge is 0.416 e. The van der Waals surface area contributed by atoms with E-state index in [1.807, 2.05) is 0 Å². The summed E-state index contributed by atoms with van der Waals surface area (Å²) in [5.74, 6) is -0.101. The van der Waals surface area contributed by atoms with Crippen molar-refractivity contribution in [3.8, 4) is 0 Å². The molecule has 2 rings (SSSR count). The fourth-order valence-electron chi connectivity index (χ4n) is 2.87. The van der Waals surface area contributed by atoms with E-state index in [1.165, 1.54) is 12.1 Å². The summed E-state index contributed by atoms with van der Waals surface area (Å²) in [6.45, 7) is 6.30. The molecule has 0 radical (unpaired) electrons. The first-order valence-corrected chi connectivity index (χ1v) is 8.30. The summed E-state index contributed by atoms with van der Waals surface area (Å²) < 4.78 is 43.1. The van der Waals surface area contributed by atoms with Gasteiger partial charge in [-0.15, -0.1) is 0 Å². The first-order chi connectivity index (χ1) is 11.5. The van der Waals surface area contributed by atoms with Crippen molar-refractivity contribution in [1.82, 2.24) is 4.90 Å². The van der Waals surface area contributed by atoms with Crippen LogP contribution in [0.5, 0.6) is 0 Å². The molecule has 4 nitrogen and oxygen atoms in total. The number of piperidine rings is 1. The average Bonchev–Trinajstić information content (AvgIpc) is 2.52. The Bertz CT molecular complexity index is 585. The number of carbonyl (C=O) groups is 1. The number of hydrogen-bond acceptors (Lipinski definition) is 3. The number of benzene rings is 1. The van der Waals surface area contributed by atoms with Gasteiger partial charge in [-0.3, -0.25) is 0 Å². The van der Waals surface area contributed by atoms with Gasteiger partial charge in [-0.2, -0.15) is 13.2 Å². The van der Waals surface area contributed by atoms with E-state index in [2.05, 4.69) is 0 Å². The molecule has 0 aromatic heterocycles. The molecule has 1 aromatic carbocycles. The van der Waals surface area contributed by atoms with E-state index in [1.54, 1.807) is 25.7 Å². The fourth-order valence-corrected chi connectivity index (χ4v) is 2.87. The molecule has 1 aromatic rings. The monoisotopic (exact) mass is 359 g/mol. The van der Waals surface area contributed by atoms with E-state index < -0.39 is 23.4 Å². The van der Waals surface area contributed by atoms with Crippen molar-refractivity contribution in [3.63, 3.8) is 0 Å². The first kappa shape index (κ1) is 19.6. The summed E-state index contributed by atoms with van der Waals surface area (Å²) in [4.78, 5) is 13.6. The zero-order valence-corrected chi connectivity index (χ0v) is 14.6. The highest BCUT2D eigenvalue weighted by Gasteiger charge is 2.32. The first-order valence-electron chi connectivity index (χ1n) is 8.30. The summed E-state index contributed by atoms with van der Waals surface area (Å²) in [6.07, 6.45) is -4.47. The highest BCUT2D eigenvalue weighted by molar-refractivity contribution is 5.68. The summed E-state index contributed by atoms with van der Waals surface area (Å²) in [7, 11) is 0. The third-order valence-corrected chi connectivity index (χ3v) is 4.22. The highest BCUT2D eigenvalue weighted by atomic mass is 19.4. The van der Waals surface area contributed by atoms with Gasteiger partial charge in [-0.05, 0) is 57.2 Å². The van der Waals surface area contributed by atoms with Gasteiger partial charge in [-0.25, -0.2) is 4.79 Å². The molecular formula is C18H24F3NO3. The second-order valence-electron chi connectivity index (χ2n) is 7.37. The summed E-state index contributed by atoms with van der Waals surface area (Å²) >= 11 is 0. The Hall–Kier alpha value is -1.76. The maximum absolute atomic E-state index is 12.6. The number of alkyl halides is 3. The Morgan fingerprint density at radius 2 is 1.68 bits per heavy atom. The Balaban J connectivity index is 1.93. The van der Waals surface area contributed by atoms with Crippen LogP contribution in [0.4, 0.5) is 18.0 Å². The predicted octanol–water partition coefficient (Wildman–Crippen LogP) is 4.39. The molecule has 1 aliphatic rings. The molecule has 1 heterocycles. The third kappa shape index (κ3) is 5.36. The molecule has 140 valence electrons. The molecular weight excluding hydrogens is 335 g/mol. The van der Waals surface area contributed by atoms with Crippen LogP contribution in [0.3, 0.4) is 0 Å². The van der Waals surface area contributed by atoms with Gasteiger partial charge >= 0.3 is 12.3 Å². The SMILES string of the molecule is CC(C)(C)OC(=O)N1CCC([C@@H](O)c2ccc(C(F)(F)F)cc2)CC1. The van der Waals surface area contributed by atoms with Crippen LogP contribution >= 0.6 is 0 Å². The molecule has 0 saturated carbocycles. The van der Waals surface area contributed by atoms with Gasteiger partial charge in [0.25, 0.3) is 0 Å². The van der Waals surface area contributed by atoms with Crippen molar-refractivity contribution in [3.05, 3.63) is 35.4 Å². The number of carbonyl (C=O) groups excluding carboxylic acids is 1. The lowest BCUT2D eigenvalue weighted by atomic mass is 9.87. The normalized spacial score (nSPS) is 18.1. The maximum atomic E-state index is 12.6. The minimum Gasteiger partial charge on any atom is -0.444 e. The Morgan fingerprint density at radius 3 is 2.12 bits per heavy atom. The van der Waals surface area contributed by atoms with Gasteiger partial charge in [0.05, 0.1) is 11.7 Å². The molecule has 1 atom stereocenters. The number of aliphatic hydroxyl groups is 1. The fraction of sp³-hybridized carbons (Fsp3) is 0.611. The lowest BCUT2D eigenvalue weighted by molar-refractivity contribution is -0.137. The van der Waals surface area contributed by atoms with Crippen molar-refractivity contribution in [2.24, 2.45) is 5.92 Å². The third-order valence-electron chi connectivity index (χ3n) is 4.22. The lowest BCUT2D eigenvalue weighted by Crippen LogP contribution is -2.42. The molecule has 25 heavy (non-hydrogen) atoms. The van der Waals surface area contributed by atoms with Crippen LogP contribution in [0.2, 0.25) is 0 Å². The van der Waals surface area contributed by atoms with E-state index in [-0.39, 0.29) is 12.0 Å². The van der Waals surface area contributed by atoms with Crippen molar-refractivity contribution < 1.29 is 27.8 Å². The zero-order chi connectivity index (χ0) is 18.8. The molecule has 7 heteroatoms. The molecule has 0 aliphatic carbocycles. The minimum absolute atomic E-state index is 0.101. The Morgan fingerprint density at radius 1 is 1.16 bits per heavy atom. The summed E-state index contributed by atoms with van der Waals surface area (Å²) in [5, 5.41) is 10.4. The summed E-state index contributed by atoms with van der Waals surface area (Å²) in [6, 6.07) is 4.59. The van der Waals surface area contributed by atoms with Crippen molar-refractivity contribution in [2.75, 3.05) is 13.1 Å². The number of ether oxygens (including phenoxy) is 1. The van der Waals surface area contributed by atoms with Gasteiger partial charge in [0, 0.05) is 13.1 Å². The topological polar surface area (TPSA) is 49.8 Å². The largest absolute Gasteiger partial charge is 0.444 e. The minimum atomic E-state index is -4.39. The lowest BCUT2D eigenvalue weighted by Gasteiger charge is -2.35. The van der Waals surface area contributed by atoms with Gasteiger partial charge in [0.2, 0.25) is 0 Å². The molecule has 0 bridgehead atoms. The van der Waals surface area contributed by atoms with Crippen LogP contribution in [0, 0.1) is 5.92 Å². The zero-order valence-electron chi connectivity index (χ0n) is 14.6. The van der Waals surface area contributed by atoms with Crippen LogP contribution < -0.4 is 0 Å². The van der Waals surface area contributed by atoms with E-state index in [4.69, 9.17) is 4.74 Å². The molecule has 1 fully saturated rings. The van der Waals surface area contributed by atoms with Crippen LogP contribution in [0.1, 0.15) is 50.8 Å². The van der Waals surface area contributed by atoms with E-state index in [0.29, 0.717) is 31.5 Å². The van der Waals surface area contributed by atoms with Crippen LogP contribution in [-0.4, -0.2) is 34.8 Å². The number of hydrogen-bond donors (Lipinski definition) is 1. The number of rotatable bonds is 2. The Labute approximate surface area is 145 Å². The van der Waals surface area contributed by atoms with Crippen molar-refractivity contribution in [2.45, 2.75) is 51.5 Å². The maximum Gasteiger partial charge on any atom is 0.416 e. The van der Waals surface area contributed by atoms with Crippen molar-refractivity contribution >= 4 is 6.09 Å². The van der Waals surface area contributed by atoms with Gasteiger partial charge in [-0.1, -0.05) is 12.1 Å². The Kier molecular flexibility index (Phi) is 5.66. The van der Waals surface area contributed by atoms with E-state index >= 15 is 0 Å². The second kappa shape index (κ2) is 7.23. The number of halogens is 3. The van der Waals surface area contributed by atoms with Crippen LogP contribution in [0.15, 0.2) is 24.3 Å². The molecule has 1 saturated heterocycles. The summed E-state index contributed by atoms with van der Waals surface area (Å²) in [5.41, 5.74) is -0.833. The van der Waals surface area contributed by atoms with Crippen LogP contribution in [0.25, 0.3) is 0 Å². The molecule has 1 aliphatic heterocycles. The number of likely N-dealkylation sites (tertiary alicyclic amines) is 1. The van der Waals surface area contributed by atoms with Gasteiger partial charge in [0.15, 0.2) is 0 Å². The molecule has 0 unspecified atom stereocenters.